The number of nitrogens with one attached hydrogen (secondary N) is 2. The summed E-state index contributed by atoms with van der Waals surface area (Å²) in [6.07, 6.45) is 1.89. The van der Waals surface area contributed by atoms with Crippen LogP contribution in [0.15, 0.2) is 41.4 Å². The van der Waals surface area contributed by atoms with Gasteiger partial charge in [0.05, 0.1) is 32.1 Å². The summed E-state index contributed by atoms with van der Waals surface area (Å²) in [5.74, 6) is 1.55. The van der Waals surface area contributed by atoms with E-state index in [4.69, 9.17) is 9.47 Å². The van der Waals surface area contributed by atoms with Crippen LogP contribution in [0.5, 0.6) is 5.75 Å². The largest absolute Gasteiger partial charge is 0.493 e. The molecule has 8 heteroatoms. The summed E-state index contributed by atoms with van der Waals surface area (Å²) in [4.78, 5) is 6.66. The molecule has 0 saturated carbocycles. The molecule has 32 heavy (non-hydrogen) atoms. The van der Waals surface area contributed by atoms with E-state index >= 15 is 0 Å². The SMILES string of the molecule is CCNC(=NCc1ccc(N2CCOCC2)c(F)c1)NCCc1ccc2c(c1)CCO2.I. The Morgan fingerprint density at radius 1 is 1.06 bits per heavy atom. The molecule has 1 fully saturated rings. The molecule has 0 radical (unpaired) electrons. The third kappa shape index (κ3) is 6.48. The van der Waals surface area contributed by atoms with E-state index in [2.05, 4.69) is 33.8 Å². The predicted octanol–water partition coefficient (Wildman–Crippen LogP) is 3.51. The zero-order valence-electron chi connectivity index (χ0n) is 18.5. The third-order valence-electron chi connectivity index (χ3n) is 5.59. The lowest BCUT2D eigenvalue weighted by Gasteiger charge is -2.29. The minimum absolute atomic E-state index is 0. The lowest BCUT2D eigenvalue weighted by atomic mass is 10.1. The summed E-state index contributed by atoms with van der Waals surface area (Å²) in [7, 11) is 0. The van der Waals surface area contributed by atoms with Crippen molar-refractivity contribution in [2.24, 2.45) is 4.99 Å². The summed E-state index contributed by atoms with van der Waals surface area (Å²) in [5.41, 5.74) is 4.07. The molecule has 174 valence electrons. The van der Waals surface area contributed by atoms with Crippen LogP contribution in [0.25, 0.3) is 0 Å². The van der Waals surface area contributed by atoms with Gasteiger partial charge in [-0.3, -0.25) is 0 Å². The molecule has 0 spiro atoms. The molecule has 0 bridgehead atoms. The van der Waals surface area contributed by atoms with Crippen molar-refractivity contribution >= 4 is 35.6 Å². The number of aliphatic imine (C=N–C) groups is 1. The minimum Gasteiger partial charge on any atom is -0.493 e. The van der Waals surface area contributed by atoms with E-state index in [0.29, 0.717) is 25.4 Å². The van der Waals surface area contributed by atoms with Gasteiger partial charge in [-0.2, -0.15) is 0 Å². The molecule has 0 aliphatic carbocycles. The Morgan fingerprint density at radius 2 is 1.88 bits per heavy atom. The fraction of sp³-hybridized carbons (Fsp3) is 0.458. The maximum Gasteiger partial charge on any atom is 0.191 e. The number of halogens is 2. The van der Waals surface area contributed by atoms with E-state index in [0.717, 1.165) is 62.9 Å². The van der Waals surface area contributed by atoms with Gasteiger partial charge < -0.3 is 25.0 Å². The molecule has 0 aromatic heterocycles. The van der Waals surface area contributed by atoms with E-state index in [1.807, 2.05) is 24.0 Å². The van der Waals surface area contributed by atoms with Crippen LogP contribution in [-0.4, -0.2) is 52.0 Å². The van der Waals surface area contributed by atoms with Crippen LogP contribution >= 0.6 is 24.0 Å². The quantitative estimate of drug-likeness (QED) is 0.312. The highest BCUT2D eigenvalue weighted by atomic mass is 127. The second-order valence-electron chi connectivity index (χ2n) is 7.80. The third-order valence-corrected chi connectivity index (χ3v) is 5.59. The second-order valence-corrected chi connectivity index (χ2v) is 7.80. The Labute approximate surface area is 206 Å². The number of benzene rings is 2. The monoisotopic (exact) mass is 554 g/mol. The molecule has 2 heterocycles. The van der Waals surface area contributed by atoms with Gasteiger partial charge in [0.2, 0.25) is 0 Å². The molecule has 0 unspecified atom stereocenters. The molecule has 6 nitrogen and oxygen atoms in total. The van der Waals surface area contributed by atoms with Crippen LogP contribution in [0, 0.1) is 5.82 Å². The number of guanidine groups is 1. The van der Waals surface area contributed by atoms with Gasteiger partial charge >= 0.3 is 0 Å². The van der Waals surface area contributed by atoms with Crippen molar-refractivity contribution in [3.05, 3.63) is 58.9 Å². The summed E-state index contributed by atoms with van der Waals surface area (Å²) in [5, 5.41) is 6.64. The molecule has 2 aromatic carbocycles. The molecule has 0 atom stereocenters. The molecular formula is C24H32FIN4O2. The van der Waals surface area contributed by atoms with Crippen LogP contribution in [0.4, 0.5) is 10.1 Å². The summed E-state index contributed by atoms with van der Waals surface area (Å²) in [6, 6.07) is 11.8. The molecule has 0 amide bonds. The van der Waals surface area contributed by atoms with Crippen molar-refractivity contribution in [3.63, 3.8) is 0 Å². The predicted molar refractivity (Wildman–Crippen MR) is 137 cm³/mol. The molecule has 2 N–H and O–H groups in total. The van der Waals surface area contributed by atoms with Crippen LogP contribution < -0.4 is 20.3 Å². The highest BCUT2D eigenvalue weighted by molar-refractivity contribution is 14.0. The van der Waals surface area contributed by atoms with E-state index in [1.54, 1.807) is 6.07 Å². The minimum atomic E-state index is -0.201. The van der Waals surface area contributed by atoms with Gasteiger partial charge in [0.1, 0.15) is 11.6 Å². The van der Waals surface area contributed by atoms with Crippen LogP contribution in [0.1, 0.15) is 23.6 Å². The first-order valence-corrected chi connectivity index (χ1v) is 11.1. The van der Waals surface area contributed by atoms with Gasteiger partial charge in [-0.1, -0.05) is 18.2 Å². The Hall–Kier alpha value is -2.07. The zero-order chi connectivity index (χ0) is 21.5. The van der Waals surface area contributed by atoms with Crippen molar-refractivity contribution in [1.82, 2.24) is 10.6 Å². The fourth-order valence-corrected chi connectivity index (χ4v) is 3.94. The first kappa shape index (κ1) is 24.6. The Bertz CT molecular complexity index is 919. The Morgan fingerprint density at radius 3 is 2.66 bits per heavy atom. The molecule has 2 aliphatic heterocycles. The molecule has 4 rings (SSSR count). The normalized spacial score (nSPS) is 15.6. The molecule has 2 aliphatic rings. The summed E-state index contributed by atoms with van der Waals surface area (Å²) >= 11 is 0. The van der Waals surface area contributed by atoms with Crippen molar-refractivity contribution in [2.45, 2.75) is 26.3 Å². The zero-order valence-corrected chi connectivity index (χ0v) is 20.9. The van der Waals surface area contributed by atoms with Gasteiger partial charge in [0, 0.05) is 32.6 Å². The fourth-order valence-electron chi connectivity index (χ4n) is 3.94. The first-order chi connectivity index (χ1) is 15.2. The maximum absolute atomic E-state index is 14.6. The van der Waals surface area contributed by atoms with Gasteiger partial charge in [-0.25, -0.2) is 9.38 Å². The van der Waals surface area contributed by atoms with E-state index in [-0.39, 0.29) is 29.8 Å². The van der Waals surface area contributed by atoms with Gasteiger partial charge in [0.25, 0.3) is 0 Å². The van der Waals surface area contributed by atoms with Gasteiger partial charge in [-0.15, -0.1) is 24.0 Å². The van der Waals surface area contributed by atoms with Crippen molar-refractivity contribution in [3.8, 4) is 5.75 Å². The smallest absolute Gasteiger partial charge is 0.191 e. The number of morpholine rings is 1. The van der Waals surface area contributed by atoms with Crippen LogP contribution in [0.3, 0.4) is 0 Å². The van der Waals surface area contributed by atoms with Crippen LogP contribution in [-0.2, 0) is 24.1 Å². The average molecular weight is 554 g/mol. The molecular weight excluding hydrogens is 522 g/mol. The van der Waals surface area contributed by atoms with Gasteiger partial charge in [-0.05, 0) is 48.2 Å². The number of hydrogen-bond acceptors (Lipinski definition) is 4. The topological polar surface area (TPSA) is 58.1 Å². The highest BCUT2D eigenvalue weighted by Gasteiger charge is 2.15. The summed E-state index contributed by atoms with van der Waals surface area (Å²) in [6.45, 7) is 7.51. The lowest BCUT2D eigenvalue weighted by Crippen LogP contribution is -2.38. The van der Waals surface area contributed by atoms with E-state index in [1.165, 1.54) is 11.1 Å². The standard InChI is InChI=1S/C24H31FN4O2.HI/c1-2-26-24(27-9-7-18-4-6-23-20(15-18)8-12-31-23)28-17-19-3-5-22(21(25)16-19)29-10-13-30-14-11-29;/h3-6,15-16H,2,7-14,17H2,1H3,(H2,26,27,28);1H. The number of nitrogens with zero attached hydrogens (tertiary/aromatic N) is 2. The van der Waals surface area contributed by atoms with Crippen molar-refractivity contribution in [2.75, 3.05) is 50.9 Å². The molecule has 1 saturated heterocycles. The lowest BCUT2D eigenvalue weighted by molar-refractivity contribution is 0.122. The van der Waals surface area contributed by atoms with E-state index < -0.39 is 0 Å². The number of anilines is 1. The number of rotatable bonds is 7. The Balaban J connectivity index is 0.00000289. The number of hydrogen-bond donors (Lipinski definition) is 2. The average Bonchev–Trinajstić information content (AvgIpc) is 3.26. The van der Waals surface area contributed by atoms with Crippen molar-refractivity contribution in [1.29, 1.82) is 0 Å². The van der Waals surface area contributed by atoms with Crippen LogP contribution in [0.2, 0.25) is 0 Å². The Kier molecular flexibility index (Phi) is 9.40. The number of fused-ring (bicyclic) bond motifs is 1. The molecule has 2 aromatic rings. The first-order valence-electron chi connectivity index (χ1n) is 11.1. The van der Waals surface area contributed by atoms with Crippen molar-refractivity contribution < 1.29 is 13.9 Å². The summed E-state index contributed by atoms with van der Waals surface area (Å²) < 4.78 is 25.5. The second kappa shape index (κ2) is 12.2. The maximum atomic E-state index is 14.6. The highest BCUT2D eigenvalue weighted by Crippen LogP contribution is 2.26. The van der Waals surface area contributed by atoms with Gasteiger partial charge in [0.15, 0.2) is 5.96 Å². The van der Waals surface area contributed by atoms with E-state index in [9.17, 15) is 4.39 Å². The number of ether oxygens (including phenoxy) is 2.